The van der Waals surface area contributed by atoms with Gasteiger partial charge in [0.25, 0.3) is 0 Å². The van der Waals surface area contributed by atoms with Crippen molar-refractivity contribution in [3.63, 3.8) is 0 Å². The molecule has 0 saturated heterocycles. The maximum atomic E-state index is 12.9. The molecule has 3 aromatic carbocycles. The standard InChI is InChI=1S/C29H27BrO7/c1-18-4-10-21(11-5-18)27(32)35-17-24(30)26(37-29(34)23-14-8-20(3)9-15-23)25(16-31)36-28(33)22-12-6-19(2)7-13-22/h4-16,24-26H,17H2,1-3H3/t24-,25+,26+/m0/s1. The molecule has 0 aliphatic rings. The van der Waals surface area contributed by atoms with Gasteiger partial charge in [0.2, 0.25) is 0 Å². The Morgan fingerprint density at radius 3 is 1.46 bits per heavy atom. The molecule has 0 aromatic heterocycles. The Morgan fingerprint density at radius 2 is 1.05 bits per heavy atom. The molecule has 0 spiro atoms. The maximum Gasteiger partial charge on any atom is 0.338 e. The molecule has 0 radical (unpaired) electrons. The molecule has 37 heavy (non-hydrogen) atoms. The van der Waals surface area contributed by atoms with Crippen molar-refractivity contribution >= 4 is 40.1 Å². The summed E-state index contributed by atoms with van der Waals surface area (Å²) in [4.78, 5) is 49.2. The maximum absolute atomic E-state index is 12.9. The van der Waals surface area contributed by atoms with Crippen LogP contribution in [-0.4, -0.2) is 47.8 Å². The van der Waals surface area contributed by atoms with Crippen molar-refractivity contribution in [1.82, 2.24) is 0 Å². The van der Waals surface area contributed by atoms with Crippen LogP contribution in [0.4, 0.5) is 0 Å². The lowest BCUT2D eigenvalue weighted by Gasteiger charge is -2.27. The highest BCUT2D eigenvalue weighted by Crippen LogP contribution is 2.20. The van der Waals surface area contributed by atoms with E-state index in [2.05, 4.69) is 15.9 Å². The van der Waals surface area contributed by atoms with Crippen molar-refractivity contribution in [2.75, 3.05) is 6.61 Å². The molecule has 8 heteroatoms. The molecule has 0 aliphatic heterocycles. The minimum Gasteiger partial charge on any atom is -0.461 e. The van der Waals surface area contributed by atoms with Gasteiger partial charge in [-0.2, -0.15) is 0 Å². The number of esters is 3. The summed E-state index contributed by atoms with van der Waals surface area (Å²) in [5, 5.41) is 0. The highest BCUT2D eigenvalue weighted by atomic mass is 79.9. The molecule has 0 heterocycles. The first-order valence-corrected chi connectivity index (χ1v) is 12.5. The average molecular weight is 567 g/mol. The second kappa shape index (κ2) is 13.0. The zero-order chi connectivity index (χ0) is 26.9. The van der Waals surface area contributed by atoms with Gasteiger partial charge in [-0.05, 0) is 57.2 Å². The van der Waals surface area contributed by atoms with Crippen LogP contribution < -0.4 is 0 Å². The number of rotatable bonds is 10. The van der Waals surface area contributed by atoms with Gasteiger partial charge in [0.15, 0.2) is 18.5 Å². The number of carbonyl (C=O) groups excluding carboxylic acids is 4. The quantitative estimate of drug-likeness (QED) is 0.144. The van der Waals surface area contributed by atoms with Gasteiger partial charge in [0.1, 0.15) is 6.61 Å². The number of aldehydes is 1. The van der Waals surface area contributed by atoms with E-state index in [0.717, 1.165) is 16.7 Å². The zero-order valence-corrected chi connectivity index (χ0v) is 22.3. The van der Waals surface area contributed by atoms with E-state index < -0.39 is 34.9 Å². The van der Waals surface area contributed by atoms with Gasteiger partial charge >= 0.3 is 17.9 Å². The second-order valence-corrected chi connectivity index (χ2v) is 9.76. The van der Waals surface area contributed by atoms with E-state index in [1.807, 2.05) is 20.8 Å². The van der Waals surface area contributed by atoms with E-state index in [1.165, 1.54) is 0 Å². The highest BCUT2D eigenvalue weighted by Gasteiger charge is 2.36. The van der Waals surface area contributed by atoms with Crippen LogP contribution in [0.2, 0.25) is 0 Å². The van der Waals surface area contributed by atoms with E-state index in [9.17, 15) is 19.2 Å². The Balaban J connectivity index is 1.78. The van der Waals surface area contributed by atoms with Gasteiger partial charge < -0.3 is 14.2 Å². The lowest BCUT2D eigenvalue weighted by molar-refractivity contribution is -0.122. The number of aryl methyl sites for hydroxylation is 3. The fraction of sp³-hybridized carbons (Fsp3) is 0.241. The van der Waals surface area contributed by atoms with Crippen molar-refractivity contribution in [2.24, 2.45) is 0 Å². The summed E-state index contributed by atoms with van der Waals surface area (Å²) in [5.41, 5.74) is 3.72. The van der Waals surface area contributed by atoms with Crippen molar-refractivity contribution in [2.45, 2.75) is 37.8 Å². The Kier molecular flexibility index (Phi) is 9.74. The zero-order valence-electron chi connectivity index (χ0n) is 20.7. The van der Waals surface area contributed by atoms with Gasteiger partial charge in [-0.15, -0.1) is 0 Å². The summed E-state index contributed by atoms with van der Waals surface area (Å²) in [6, 6.07) is 20.1. The monoisotopic (exact) mass is 566 g/mol. The highest BCUT2D eigenvalue weighted by molar-refractivity contribution is 9.09. The molecule has 7 nitrogen and oxygen atoms in total. The van der Waals surface area contributed by atoms with Gasteiger partial charge in [-0.25, -0.2) is 14.4 Å². The van der Waals surface area contributed by atoms with Crippen LogP contribution in [0.15, 0.2) is 72.8 Å². The number of hydrogen-bond acceptors (Lipinski definition) is 7. The first kappa shape index (κ1) is 27.8. The summed E-state index contributed by atoms with van der Waals surface area (Å²) in [7, 11) is 0. The number of alkyl halides is 1. The van der Waals surface area contributed by atoms with Crippen LogP contribution >= 0.6 is 15.9 Å². The fourth-order valence-electron chi connectivity index (χ4n) is 3.30. The Hall–Kier alpha value is -3.78. The lowest BCUT2D eigenvalue weighted by atomic mass is 10.1. The molecule has 0 bridgehead atoms. The van der Waals surface area contributed by atoms with E-state index >= 15 is 0 Å². The number of carbonyl (C=O) groups is 4. The SMILES string of the molecule is Cc1ccc(C(=O)OC[C@H](Br)[C@@H](OC(=O)c2ccc(C)cc2)[C@@H](C=O)OC(=O)c2ccc(C)cc2)cc1. The Labute approximate surface area is 223 Å². The summed E-state index contributed by atoms with van der Waals surface area (Å²) < 4.78 is 16.4. The van der Waals surface area contributed by atoms with Crippen molar-refractivity contribution in [3.05, 3.63) is 106 Å². The lowest BCUT2D eigenvalue weighted by Crippen LogP contribution is -2.44. The number of halogens is 1. The summed E-state index contributed by atoms with van der Waals surface area (Å²) in [6.07, 6.45) is -2.37. The summed E-state index contributed by atoms with van der Waals surface area (Å²) >= 11 is 3.36. The summed E-state index contributed by atoms with van der Waals surface area (Å²) in [6.45, 7) is 5.39. The molecular weight excluding hydrogens is 540 g/mol. The normalized spacial score (nSPS) is 13.1. The molecule has 0 aliphatic carbocycles. The van der Waals surface area contributed by atoms with Crippen LogP contribution in [0, 0.1) is 20.8 Å². The molecule has 3 aromatic rings. The van der Waals surface area contributed by atoms with Crippen LogP contribution in [0.25, 0.3) is 0 Å². The molecule has 3 rings (SSSR count). The van der Waals surface area contributed by atoms with Crippen LogP contribution in [0.5, 0.6) is 0 Å². The number of hydrogen-bond donors (Lipinski definition) is 0. The van der Waals surface area contributed by atoms with E-state index in [1.54, 1.807) is 72.8 Å². The summed E-state index contributed by atoms with van der Waals surface area (Å²) in [5.74, 6) is -2.07. The van der Waals surface area contributed by atoms with Crippen molar-refractivity contribution in [1.29, 1.82) is 0 Å². The fourth-order valence-corrected chi connectivity index (χ4v) is 3.85. The van der Waals surface area contributed by atoms with Crippen LogP contribution in [0.3, 0.4) is 0 Å². The van der Waals surface area contributed by atoms with E-state index in [-0.39, 0.29) is 17.7 Å². The molecule has 0 unspecified atom stereocenters. The topological polar surface area (TPSA) is 96.0 Å². The van der Waals surface area contributed by atoms with Crippen LogP contribution in [-0.2, 0) is 19.0 Å². The third-order valence-corrected chi connectivity index (χ3v) is 6.32. The van der Waals surface area contributed by atoms with E-state index in [4.69, 9.17) is 14.2 Å². The average Bonchev–Trinajstić information content (AvgIpc) is 2.90. The van der Waals surface area contributed by atoms with Gasteiger partial charge in [-0.3, -0.25) is 4.79 Å². The van der Waals surface area contributed by atoms with Gasteiger partial charge in [0.05, 0.1) is 21.5 Å². The third kappa shape index (κ3) is 7.85. The van der Waals surface area contributed by atoms with Gasteiger partial charge in [-0.1, -0.05) is 69.0 Å². The molecule has 0 saturated carbocycles. The molecule has 0 N–H and O–H groups in total. The van der Waals surface area contributed by atoms with Crippen molar-refractivity contribution in [3.8, 4) is 0 Å². The molecule has 0 fully saturated rings. The third-order valence-electron chi connectivity index (χ3n) is 5.54. The number of ether oxygens (including phenoxy) is 3. The first-order chi connectivity index (χ1) is 17.7. The minimum atomic E-state index is -1.47. The predicted molar refractivity (Wildman–Crippen MR) is 141 cm³/mol. The number of benzene rings is 3. The van der Waals surface area contributed by atoms with E-state index in [0.29, 0.717) is 11.8 Å². The molecule has 192 valence electrons. The van der Waals surface area contributed by atoms with Crippen molar-refractivity contribution < 1.29 is 33.4 Å². The smallest absolute Gasteiger partial charge is 0.338 e. The molecule has 0 amide bonds. The second-order valence-electron chi connectivity index (χ2n) is 8.59. The Morgan fingerprint density at radius 1 is 0.676 bits per heavy atom. The molecule has 3 atom stereocenters. The molecular formula is C29H27BrO7. The van der Waals surface area contributed by atoms with Crippen LogP contribution in [0.1, 0.15) is 47.8 Å². The predicted octanol–water partition coefficient (Wildman–Crippen LogP) is 5.18. The largest absolute Gasteiger partial charge is 0.461 e. The van der Waals surface area contributed by atoms with Gasteiger partial charge in [0, 0.05) is 0 Å². The first-order valence-electron chi connectivity index (χ1n) is 11.6. The Bertz CT molecular complexity index is 1230. The minimum absolute atomic E-state index is 0.234.